The molecule has 0 radical (unpaired) electrons. The number of benzene rings is 2. The number of carbonyl (C=O) groups is 1. The van der Waals surface area contributed by atoms with Gasteiger partial charge in [0.05, 0.1) is 5.02 Å². The van der Waals surface area contributed by atoms with Gasteiger partial charge in [-0.3, -0.25) is 4.79 Å². The molecule has 1 N–H and O–H groups in total. The van der Waals surface area contributed by atoms with E-state index in [0.29, 0.717) is 9.90 Å². The maximum absolute atomic E-state index is 12.4. The molecule has 3 aromatic rings. The van der Waals surface area contributed by atoms with Gasteiger partial charge in [-0.15, -0.1) is 23.7 Å². The third kappa shape index (κ3) is 3.61. The topological polar surface area (TPSA) is 32.3 Å². The second-order valence-corrected chi connectivity index (χ2v) is 6.57. The quantitative estimate of drug-likeness (QED) is 0.682. The predicted molar refractivity (Wildman–Crippen MR) is 103 cm³/mol. The van der Waals surface area contributed by atoms with Crippen LogP contribution in [-0.2, 0) is 0 Å². The highest BCUT2D eigenvalue weighted by Gasteiger charge is 2.16. The van der Waals surface area contributed by atoms with E-state index in [1.54, 1.807) is 0 Å². The van der Waals surface area contributed by atoms with Crippen molar-refractivity contribution in [3.05, 3.63) is 58.4 Å². The highest BCUT2D eigenvalue weighted by molar-refractivity contribution is 7.21. The summed E-state index contributed by atoms with van der Waals surface area (Å²) in [4.78, 5) is 15.0. The molecule has 0 saturated carbocycles. The molecule has 0 saturated heterocycles. The van der Waals surface area contributed by atoms with Gasteiger partial charge in [0.25, 0.3) is 5.91 Å². The summed E-state index contributed by atoms with van der Waals surface area (Å²) in [6.07, 6.45) is 0. The SMILES string of the molecule is CN(C)c1ccc(NC(=O)c2sc3ccccc3c2Cl)cc1.Cl. The molecular formula is C17H16Cl2N2OS. The molecule has 0 unspecified atom stereocenters. The summed E-state index contributed by atoms with van der Waals surface area (Å²) >= 11 is 7.74. The Morgan fingerprint density at radius 1 is 1.09 bits per heavy atom. The number of rotatable bonds is 3. The van der Waals surface area contributed by atoms with Gasteiger partial charge in [-0.25, -0.2) is 0 Å². The van der Waals surface area contributed by atoms with E-state index in [4.69, 9.17) is 11.6 Å². The van der Waals surface area contributed by atoms with Crippen LogP contribution in [0.2, 0.25) is 5.02 Å². The molecule has 120 valence electrons. The summed E-state index contributed by atoms with van der Waals surface area (Å²) in [5.41, 5.74) is 1.84. The second kappa shape index (κ2) is 7.21. The Labute approximate surface area is 150 Å². The largest absolute Gasteiger partial charge is 0.378 e. The summed E-state index contributed by atoms with van der Waals surface area (Å²) < 4.78 is 1.01. The number of halogens is 2. The monoisotopic (exact) mass is 366 g/mol. The van der Waals surface area contributed by atoms with Crippen LogP contribution in [0.5, 0.6) is 0 Å². The molecule has 0 fully saturated rings. The fourth-order valence-corrected chi connectivity index (χ4v) is 3.60. The summed E-state index contributed by atoms with van der Waals surface area (Å²) in [6.45, 7) is 0. The summed E-state index contributed by atoms with van der Waals surface area (Å²) in [7, 11) is 3.95. The Morgan fingerprint density at radius 3 is 2.35 bits per heavy atom. The van der Waals surface area contributed by atoms with Crippen LogP contribution in [-0.4, -0.2) is 20.0 Å². The summed E-state index contributed by atoms with van der Waals surface area (Å²) in [5, 5.41) is 4.33. The minimum absolute atomic E-state index is 0. The van der Waals surface area contributed by atoms with E-state index in [2.05, 4.69) is 5.32 Å². The molecule has 0 aliphatic heterocycles. The van der Waals surface area contributed by atoms with Gasteiger partial charge in [-0.1, -0.05) is 29.8 Å². The maximum atomic E-state index is 12.4. The van der Waals surface area contributed by atoms with Gasteiger partial charge in [0, 0.05) is 35.6 Å². The molecule has 6 heteroatoms. The molecule has 0 aliphatic rings. The Bertz CT molecular complexity index is 828. The Morgan fingerprint density at radius 2 is 1.74 bits per heavy atom. The molecule has 3 rings (SSSR count). The molecule has 0 aliphatic carbocycles. The van der Waals surface area contributed by atoms with Crippen molar-refractivity contribution in [2.45, 2.75) is 0 Å². The number of fused-ring (bicyclic) bond motifs is 1. The number of nitrogens with zero attached hydrogens (tertiary/aromatic N) is 1. The van der Waals surface area contributed by atoms with Gasteiger partial charge in [-0.2, -0.15) is 0 Å². The summed E-state index contributed by atoms with van der Waals surface area (Å²) in [5.74, 6) is -0.177. The first-order chi connectivity index (χ1) is 10.6. The molecule has 0 atom stereocenters. The Hall–Kier alpha value is -1.75. The number of amides is 1. The number of carbonyl (C=O) groups excluding carboxylic acids is 1. The lowest BCUT2D eigenvalue weighted by Crippen LogP contribution is -2.11. The lowest BCUT2D eigenvalue weighted by atomic mass is 10.2. The van der Waals surface area contributed by atoms with Crippen LogP contribution in [0, 0.1) is 0 Å². The van der Waals surface area contributed by atoms with Crippen molar-refractivity contribution < 1.29 is 4.79 Å². The molecular weight excluding hydrogens is 351 g/mol. The number of hydrogen-bond acceptors (Lipinski definition) is 3. The molecule has 0 spiro atoms. The van der Waals surface area contributed by atoms with Crippen LogP contribution >= 0.6 is 35.3 Å². The number of hydrogen-bond donors (Lipinski definition) is 1. The number of anilines is 2. The fraction of sp³-hybridized carbons (Fsp3) is 0.118. The first-order valence-corrected chi connectivity index (χ1v) is 8.01. The lowest BCUT2D eigenvalue weighted by molar-refractivity contribution is 0.103. The maximum Gasteiger partial charge on any atom is 0.267 e. The van der Waals surface area contributed by atoms with Crippen molar-refractivity contribution in [3.63, 3.8) is 0 Å². The fourth-order valence-electron chi connectivity index (χ4n) is 2.19. The minimum Gasteiger partial charge on any atom is -0.378 e. The van der Waals surface area contributed by atoms with E-state index in [1.807, 2.05) is 67.5 Å². The van der Waals surface area contributed by atoms with Crippen molar-refractivity contribution in [1.29, 1.82) is 0 Å². The van der Waals surface area contributed by atoms with Crippen LogP contribution in [0.25, 0.3) is 10.1 Å². The summed E-state index contributed by atoms with van der Waals surface area (Å²) in [6, 6.07) is 15.4. The van der Waals surface area contributed by atoms with Gasteiger partial charge in [0.1, 0.15) is 4.88 Å². The van der Waals surface area contributed by atoms with Crippen LogP contribution in [0.3, 0.4) is 0 Å². The third-order valence-corrected chi connectivity index (χ3v) is 5.06. The average Bonchev–Trinajstić information content (AvgIpc) is 2.85. The standard InChI is InChI=1S/C17H15ClN2OS.ClH/c1-20(2)12-9-7-11(8-10-12)19-17(21)16-15(18)13-5-3-4-6-14(13)22-16;/h3-10H,1-2H3,(H,19,21);1H. The third-order valence-electron chi connectivity index (χ3n) is 3.38. The van der Waals surface area contributed by atoms with Crippen LogP contribution in [0.1, 0.15) is 9.67 Å². The molecule has 1 aromatic heterocycles. The zero-order valence-corrected chi connectivity index (χ0v) is 15.1. The zero-order valence-electron chi connectivity index (χ0n) is 12.7. The molecule has 0 bridgehead atoms. The Balaban J connectivity index is 0.00000192. The van der Waals surface area contributed by atoms with Gasteiger partial charge in [0.2, 0.25) is 0 Å². The molecule has 3 nitrogen and oxygen atoms in total. The Kier molecular flexibility index (Phi) is 5.52. The number of thiophene rings is 1. The van der Waals surface area contributed by atoms with Gasteiger partial charge < -0.3 is 10.2 Å². The van der Waals surface area contributed by atoms with Crippen LogP contribution < -0.4 is 10.2 Å². The van der Waals surface area contributed by atoms with E-state index in [0.717, 1.165) is 21.5 Å². The molecule has 1 heterocycles. The smallest absolute Gasteiger partial charge is 0.267 e. The molecule has 1 amide bonds. The molecule has 2 aromatic carbocycles. The first-order valence-electron chi connectivity index (χ1n) is 6.82. The van der Waals surface area contributed by atoms with Crippen LogP contribution in [0.15, 0.2) is 48.5 Å². The van der Waals surface area contributed by atoms with E-state index in [-0.39, 0.29) is 18.3 Å². The highest BCUT2D eigenvalue weighted by atomic mass is 35.5. The van der Waals surface area contributed by atoms with E-state index >= 15 is 0 Å². The van der Waals surface area contributed by atoms with E-state index < -0.39 is 0 Å². The minimum atomic E-state index is -0.177. The van der Waals surface area contributed by atoms with Crippen molar-refractivity contribution in [2.75, 3.05) is 24.3 Å². The lowest BCUT2D eigenvalue weighted by Gasteiger charge is -2.12. The number of nitrogens with one attached hydrogen (secondary N) is 1. The van der Waals surface area contributed by atoms with Gasteiger partial charge >= 0.3 is 0 Å². The molecule has 23 heavy (non-hydrogen) atoms. The van der Waals surface area contributed by atoms with Gasteiger partial charge in [-0.05, 0) is 30.3 Å². The van der Waals surface area contributed by atoms with Gasteiger partial charge in [0.15, 0.2) is 0 Å². The normalized spacial score (nSPS) is 10.2. The predicted octanol–water partition coefficient (Wildman–Crippen LogP) is 5.29. The van der Waals surface area contributed by atoms with Crippen molar-refractivity contribution in [2.24, 2.45) is 0 Å². The van der Waals surface area contributed by atoms with Crippen molar-refractivity contribution in [1.82, 2.24) is 0 Å². The second-order valence-electron chi connectivity index (χ2n) is 5.14. The van der Waals surface area contributed by atoms with Crippen molar-refractivity contribution >= 4 is 62.7 Å². The highest BCUT2D eigenvalue weighted by Crippen LogP contribution is 2.35. The van der Waals surface area contributed by atoms with Crippen LogP contribution in [0.4, 0.5) is 11.4 Å². The van der Waals surface area contributed by atoms with E-state index in [1.165, 1.54) is 11.3 Å². The average molecular weight is 367 g/mol. The van der Waals surface area contributed by atoms with Crippen molar-refractivity contribution in [3.8, 4) is 0 Å². The zero-order chi connectivity index (χ0) is 15.7. The van der Waals surface area contributed by atoms with E-state index in [9.17, 15) is 4.79 Å². The first kappa shape index (κ1) is 17.6.